The second-order valence-electron chi connectivity index (χ2n) is 5.33. The van der Waals surface area contributed by atoms with E-state index in [2.05, 4.69) is 15.9 Å². The molecule has 0 amide bonds. The summed E-state index contributed by atoms with van der Waals surface area (Å²) in [6.45, 7) is 6.07. The zero-order chi connectivity index (χ0) is 14.4. The molecule has 4 nitrogen and oxygen atoms in total. The van der Waals surface area contributed by atoms with Crippen molar-refractivity contribution in [3.05, 3.63) is 29.8 Å². The molecule has 1 atom stereocenters. The molecule has 0 saturated carbocycles. The van der Waals surface area contributed by atoms with E-state index in [1.165, 1.54) is 5.56 Å². The lowest BCUT2D eigenvalue weighted by atomic mass is 10.1. The summed E-state index contributed by atoms with van der Waals surface area (Å²) in [6.07, 6.45) is 0. The minimum atomic E-state index is -0.748. The average molecular weight is 264 g/mol. The Labute approximate surface area is 115 Å². The number of likely N-dealkylation sites (N-methyl/N-ethyl adjacent to an activating group) is 1. The number of hydrogen-bond acceptors (Lipinski definition) is 3. The van der Waals surface area contributed by atoms with Crippen LogP contribution in [0.5, 0.6) is 0 Å². The molecule has 0 radical (unpaired) electrons. The number of carboxylic acids is 1. The van der Waals surface area contributed by atoms with Crippen LogP contribution in [-0.4, -0.2) is 49.7 Å². The van der Waals surface area contributed by atoms with Crippen molar-refractivity contribution in [2.45, 2.75) is 13.8 Å². The minimum Gasteiger partial charge on any atom is -0.481 e. The van der Waals surface area contributed by atoms with E-state index < -0.39 is 5.97 Å². The molecule has 0 fully saturated rings. The summed E-state index contributed by atoms with van der Waals surface area (Å²) >= 11 is 0. The smallest absolute Gasteiger partial charge is 0.308 e. The summed E-state index contributed by atoms with van der Waals surface area (Å²) in [5.74, 6) is -1.12. The van der Waals surface area contributed by atoms with Crippen molar-refractivity contribution >= 4 is 11.7 Å². The summed E-state index contributed by atoms with van der Waals surface area (Å²) in [6, 6.07) is 8.20. The van der Waals surface area contributed by atoms with Gasteiger partial charge < -0.3 is 14.9 Å². The number of rotatable bonds is 7. The largest absolute Gasteiger partial charge is 0.481 e. The Morgan fingerprint density at radius 2 is 2.00 bits per heavy atom. The van der Waals surface area contributed by atoms with Crippen molar-refractivity contribution in [2.24, 2.45) is 5.92 Å². The van der Waals surface area contributed by atoms with E-state index in [1.54, 1.807) is 6.92 Å². The normalized spacial score (nSPS) is 12.5. The number of benzene rings is 1. The van der Waals surface area contributed by atoms with Crippen LogP contribution in [0.15, 0.2) is 24.3 Å². The summed E-state index contributed by atoms with van der Waals surface area (Å²) in [5, 5.41) is 9.07. The number of hydrogen-bond donors (Lipinski definition) is 1. The first-order valence-corrected chi connectivity index (χ1v) is 6.59. The zero-order valence-electron chi connectivity index (χ0n) is 12.3. The van der Waals surface area contributed by atoms with Crippen molar-refractivity contribution in [1.29, 1.82) is 0 Å². The lowest BCUT2D eigenvalue weighted by molar-refractivity contribution is -0.140. The van der Waals surface area contributed by atoms with Gasteiger partial charge in [0.05, 0.1) is 5.92 Å². The highest BCUT2D eigenvalue weighted by Gasteiger charge is 2.16. The molecular formula is C15H24N2O2. The SMILES string of the molecule is Cc1cccc(N(CCN(C)C)CC(C)C(=O)O)c1. The van der Waals surface area contributed by atoms with Crippen molar-refractivity contribution in [3.63, 3.8) is 0 Å². The van der Waals surface area contributed by atoms with Gasteiger partial charge in [-0.15, -0.1) is 0 Å². The molecule has 19 heavy (non-hydrogen) atoms. The van der Waals surface area contributed by atoms with Gasteiger partial charge in [-0.1, -0.05) is 19.1 Å². The fourth-order valence-corrected chi connectivity index (χ4v) is 1.88. The molecule has 0 aliphatic carbocycles. The van der Waals surface area contributed by atoms with Crippen LogP contribution < -0.4 is 4.90 Å². The van der Waals surface area contributed by atoms with Gasteiger partial charge in [0, 0.05) is 25.3 Å². The predicted molar refractivity (Wildman–Crippen MR) is 78.7 cm³/mol. The van der Waals surface area contributed by atoms with Crippen LogP contribution in [0.4, 0.5) is 5.69 Å². The van der Waals surface area contributed by atoms with Gasteiger partial charge in [0.2, 0.25) is 0 Å². The van der Waals surface area contributed by atoms with Crippen LogP contribution in [0, 0.1) is 12.8 Å². The molecule has 1 N–H and O–H groups in total. The molecule has 0 heterocycles. The molecule has 106 valence electrons. The van der Waals surface area contributed by atoms with Crippen molar-refractivity contribution in [2.75, 3.05) is 38.6 Å². The predicted octanol–water partition coefficient (Wildman–Crippen LogP) is 2.08. The van der Waals surface area contributed by atoms with Crippen LogP contribution in [0.2, 0.25) is 0 Å². The second kappa shape index (κ2) is 7.14. The van der Waals surface area contributed by atoms with Gasteiger partial charge in [-0.2, -0.15) is 0 Å². The second-order valence-corrected chi connectivity index (χ2v) is 5.33. The summed E-state index contributed by atoms with van der Waals surface area (Å²) in [5.41, 5.74) is 2.28. The Hall–Kier alpha value is -1.55. The van der Waals surface area contributed by atoms with Gasteiger partial charge in [0.15, 0.2) is 0 Å². The lowest BCUT2D eigenvalue weighted by Gasteiger charge is -2.28. The third kappa shape index (κ3) is 5.30. The van der Waals surface area contributed by atoms with E-state index in [-0.39, 0.29) is 5.92 Å². The number of aryl methyl sites for hydroxylation is 1. The molecule has 0 aliphatic heterocycles. The molecule has 0 bridgehead atoms. The molecular weight excluding hydrogens is 240 g/mol. The van der Waals surface area contributed by atoms with Crippen LogP contribution >= 0.6 is 0 Å². The third-order valence-corrected chi connectivity index (χ3v) is 3.10. The maximum Gasteiger partial charge on any atom is 0.308 e. The summed E-state index contributed by atoms with van der Waals surface area (Å²) in [7, 11) is 4.05. The fourth-order valence-electron chi connectivity index (χ4n) is 1.88. The summed E-state index contributed by atoms with van der Waals surface area (Å²) in [4.78, 5) is 15.3. The lowest BCUT2D eigenvalue weighted by Crippen LogP contribution is -2.36. The summed E-state index contributed by atoms with van der Waals surface area (Å²) < 4.78 is 0. The maximum absolute atomic E-state index is 11.0. The number of nitrogens with zero attached hydrogens (tertiary/aromatic N) is 2. The molecule has 1 aromatic rings. The van der Waals surface area contributed by atoms with Crippen LogP contribution in [0.3, 0.4) is 0 Å². The van der Waals surface area contributed by atoms with E-state index in [4.69, 9.17) is 5.11 Å². The van der Waals surface area contributed by atoms with E-state index in [0.717, 1.165) is 18.8 Å². The van der Waals surface area contributed by atoms with E-state index >= 15 is 0 Å². The molecule has 1 aromatic carbocycles. The molecule has 0 spiro atoms. The first kappa shape index (κ1) is 15.5. The van der Waals surface area contributed by atoms with Crippen LogP contribution in [0.25, 0.3) is 0 Å². The van der Waals surface area contributed by atoms with Crippen molar-refractivity contribution in [1.82, 2.24) is 4.90 Å². The molecule has 0 aliphatic rings. The number of carboxylic acid groups (broad SMARTS) is 1. The monoisotopic (exact) mass is 264 g/mol. The van der Waals surface area contributed by atoms with Gasteiger partial charge >= 0.3 is 5.97 Å². The molecule has 0 aromatic heterocycles. The van der Waals surface area contributed by atoms with Crippen molar-refractivity contribution in [3.8, 4) is 0 Å². The quantitative estimate of drug-likeness (QED) is 0.819. The standard InChI is InChI=1S/C15H24N2O2/c1-12-6-5-7-14(10-12)17(9-8-16(3)4)11-13(2)15(18)19/h5-7,10,13H,8-9,11H2,1-4H3,(H,18,19). The van der Waals surface area contributed by atoms with E-state index in [1.807, 2.05) is 39.2 Å². The van der Waals surface area contributed by atoms with Crippen LogP contribution in [0.1, 0.15) is 12.5 Å². The van der Waals surface area contributed by atoms with Gasteiger partial charge in [-0.25, -0.2) is 0 Å². The first-order chi connectivity index (χ1) is 8.90. The minimum absolute atomic E-state index is 0.373. The van der Waals surface area contributed by atoms with E-state index in [9.17, 15) is 4.79 Å². The number of carbonyl (C=O) groups is 1. The Bertz CT molecular complexity index is 418. The molecule has 1 unspecified atom stereocenters. The maximum atomic E-state index is 11.0. The van der Waals surface area contributed by atoms with Gasteiger partial charge in [-0.05, 0) is 38.7 Å². The Morgan fingerprint density at radius 1 is 1.32 bits per heavy atom. The Balaban J connectivity index is 2.82. The van der Waals surface area contributed by atoms with Gasteiger partial charge in [0.25, 0.3) is 0 Å². The van der Waals surface area contributed by atoms with Gasteiger partial charge in [-0.3, -0.25) is 4.79 Å². The van der Waals surface area contributed by atoms with Crippen molar-refractivity contribution < 1.29 is 9.90 Å². The van der Waals surface area contributed by atoms with Crippen LogP contribution in [-0.2, 0) is 4.79 Å². The topological polar surface area (TPSA) is 43.8 Å². The Kier molecular flexibility index (Phi) is 5.83. The number of aliphatic carboxylic acids is 1. The Morgan fingerprint density at radius 3 is 2.53 bits per heavy atom. The molecule has 1 rings (SSSR count). The molecule has 0 saturated heterocycles. The fraction of sp³-hybridized carbons (Fsp3) is 0.533. The average Bonchev–Trinajstić information content (AvgIpc) is 2.33. The first-order valence-electron chi connectivity index (χ1n) is 6.59. The highest BCUT2D eigenvalue weighted by atomic mass is 16.4. The third-order valence-electron chi connectivity index (χ3n) is 3.10. The molecule has 4 heteroatoms. The highest BCUT2D eigenvalue weighted by Crippen LogP contribution is 2.17. The highest BCUT2D eigenvalue weighted by molar-refractivity contribution is 5.70. The number of anilines is 1. The zero-order valence-corrected chi connectivity index (χ0v) is 12.3. The van der Waals surface area contributed by atoms with Gasteiger partial charge in [0.1, 0.15) is 0 Å². The van der Waals surface area contributed by atoms with E-state index in [0.29, 0.717) is 6.54 Å².